The molecule has 0 bridgehead atoms. The minimum Gasteiger partial charge on any atom is -0.490 e. The summed E-state index contributed by atoms with van der Waals surface area (Å²) >= 11 is 0. The van der Waals surface area contributed by atoms with Crippen molar-refractivity contribution in [1.82, 2.24) is 9.78 Å². The lowest BCUT2D eigenvalue weighted by molar-refractivity contribution is 0.102. The van der Waals surface area contributed by atoms with E-state index in [9.17, 15) is 9.18 Å². The zero-order valence-electron chi connectivity index (χ0n) is 18.1. The zero-order valence-corrected chi connectivity index (χ0v) is 18.1. The number of rotatable bonds is 9. The molecule has 3 rings (SSSR count). The first kappa shape index (κ1) is 22.1. The maximum atomic E-state index is 13.3. The quantitative estimate of drug-likeness (QED) is 0.533. The maximum absolute atomic E-state index is 13.3. The van der Waals surface area contributed by atoms with Gasteiger partial charge in [0, 0.05) is 11.6 Å². The van der Waals surface area contributed by atoms with Crippen LogP contribution in [0.25, 0.3) is 5.69 Å². The van der Waals surface area contributed by atoms with Crippen LogP contribution >= 0.6 is 0 Å². The fraction of sp³-hybridized carbons (Fsp3) is 0.304. The Morgan fingerprint density at radius 1 is 0.968 bits per heavy atom. The first-order chi connectivity index (χ1) is 15.0. The van der Waals surface area contributed by atoms with Crippen LogP contribution in [0.5, 0.6) is 17.2 Å². The molecule has 0 radical (unpaired) electrons. The van der Waals surface area contributed by atoms with Crippen molar-refractivity contribution in [3.05, 3.63) is 59.5 Å². The Hall–Kier alpha value is -3.55. The van der Waals surface area contributed by atoms with Gasteiger partial charge in [0.05, 0.1) is 31.2 Å². The molecule has 0 aliphatic heterocycles. The van der Waals surface area contributed by atoms with Crippen LogP contribution in [0.15, 0.2) is 42.5 Å². The molecule has 31 heavy (non-hydrogen) atoms. The molecule has 7 nitrogen and oxygen atoms in total. The standard InChI is InChI=1S/C23H26FN3O4/c1-5-29-19-13-16(14-20(30-6-2)22(19)31-7-3)23(28)25-21-12-15(4)26-27(21)18-10-8-17(24)9-11-18/h8-14H,5-7H2,1-4H3,(H,25,28). The van der Waals surface area contributed by atoms with E-state index in [1.165, 1.54) is 12.1 Å². The average Bonchev–Trinajstić information content (AvgIpc) is 3.11. The van der Waals surface area contributed by atoms with Crippen molar-refractivity contribution in [2.45, 2.75) is 27.7 Å². The molecule has 0 aliphatic carbocycles. The van der Waals surface area contributed by atoms with Crippen LogP contribution in [-0.2, 0) is 0 Å². The molecule has 0 saturated heterocycles. The van der Waals surface area contributed by atoms with Crippen LogP contribution in [-0.4, -0.2) is 35.5 Å². The lowest BCUT2D eigenvalue weighted by atomic mass is 10.1. The van der Waals surface area contributed by atoms with E-state index in [0.717, 1.165) is 0 Å². The van der Waals surface area contributed by atoms with Crippen LogP contribution < -0.4 is 19.5 Å². The van der Waals surface area contributed by atoms with Gasteiger partial charge in [-0.15, -0.1) is 0 Å². The second-order valence-electron chi connectivity index (χ2n) is 6.61. The molecule has 3 aromatic rings. The molecule has 0 unspecified atom stereocenters. The summed E-state index contributed by atoms with van der Waals surface area (Å²) in [7, 11) is 0. The highest BCUT2D eigenvalue weighted by Gasteiger charge is 2.20. The number of aryl methyl sites for hydroxylation is 1. The molecule has 1 amide bonds. The number of nitrogens with one attached hydrogen (secondary N) is 1. The predicted molar refractivity (Wildman–Crippen MR) is 116 cm³/mol. The Labute approximate surface area is 180 Å². The Morgan fingerprint density at radius 3 is 2.10 bits per heavy atom. The molecule has 164 valence electrons. The van der Waals surface area contributed by atoms with E-state index in [0.29, 0.717) is 59.8 Å². The number of hydrogen-bond acceptors (Lipinski definition) is 5. The Bertz CT molecular complexity index is 1020. The highest BCUT2D eigenvalue weighted by Crippen LogP contribution is 2.39. The molecule has 1 N–H and O–H groups in total. The van der Waals surface area contributed by atoms with Gasteiger partial charge in [-0.2, -0.15) is 5.10 Å². The van der Waals surface area contributed by atoms with Crippen molar-refractivity contribution in [1.29, 1.82) is 0 Å². The molecule has 1 aromatic heterocycles. The van der Waals surface area contributed by atoms with Crippen molar-refractivity contribution in [3.8, 4) is 22.9 Å². The van der Waals surface area contributed by atoms with E-state index in [4.69, 9.17) is 14.2 Å². The summed E-state index contributed by atoms with van der Waals surface area (Å²) in [6.45, 7) is 8.64. The van der Waals surface area contributed by atoms with Gasteiger partial charge in [-0.25, -0.2) is 9.07 Å². The van der Waals surface area contributed by atoms with Gasteiger partial charge < -0.3 is 19.5 Å². The van der Waals surface area contributed by atoms with Gasteiger partial charge in [-0.1, -0.05) is 0 Å². The van der Waals surface area contributed by atoms with Gasteiger partial charge in [-0.3, -0.25) is 4.79 Å². The maximum Gasteiger partial charge on any atom is 0.257 e. The summed E-state index contributed by atoms with van der Waals surface area (Å²) in [5.74, 6) is 1.08. The van der Waals surface area contributed by atoms with Gasteiger partial charge in [0.2, 0.25) is 5.75 Å². The normalized spacial score (nSPS) is 10.6. The molecule has 0 fully saturated rings. The highest BCUT2D eigenvalue weighted by molar-refractivity contribution is 6.04. The van der Waals surface area contributed by atoms with Crippen LogP contribution in [0.4, 0.5) is 10.2 Å². The van der Waals surface area contributed by atoms with Crippen molar-refractivity contribution < 1.29 is 23.4 Å². The lowest BCUT2D eigenvalue weighted by Crippen LogP contribution is -2.16. The SMILES string of the molecule is CCOc1cc(C(=O)Nc2cc(C)nn2-c2ccc(F)cc2)cc(OCC)c1OCC. The summed E-state index contributed by atoms with van der Waals surface area (Å²) < 4.78 is 31.9. The van der Waals surface area contributed by atoms with E-state index in [-0.39, 0.29) is 11.7 Å². The first-order valence-electron chi connectivity index (χ1n) is 10.2. The number of hydrogen-bond donors (Lipinski definition) is 1. The fourth-order valence-electron chi connectivity index (χ4n) is 3.08. The Morgan fingerprint density at radius 2 is 1.55 bits per heavy atom. The number of ether oxygens (including phenoxy) is 3. The number of carbonyl (C=O) groups is 1. The van der Waals surface area contributed by atoms with Gasteiger partial charge in [0.15, 0.2) is 11.5 Å². The molecule has 8 heteroatoms. The predicted octanol–water partition coefficient (Wildman–Crippen LogP) is 4.77. The fourth-order valence-corrected chi connectivity index (χ4v) is 3.08. The number of benzene rings is 2. The highest BCUT2D eigenvalue weighted by atomic mass is 19.1. The van der Waals surface area contributed by atoms with E-state index in [2.05, 4.69) is 10.4 Å². The molecule has 0 spiro atoms. The third-order valence-corrected chi connectivity index (χ3v) is 4.32. The summed E-state index contributed by atoms with van der Waals surface area (Å²) in [4.78, 5) is 13.1. The Kier molecular flexibility index (Phi) is 7.12. The van der Waals surface area contributed by atoms with Crippen LogP contribution in [0.3, 0.4) is 0 Å². The molecule has 0 atom stereocenters. The third-order valence-electron chi connectivity index (χ3n) is 4.32. The van der Waals surface area contributed by atoms with Crippen molar-refractivity contribution in [3.63, 3.8) is 0 Å². The molecule has 2 aromatic carbocycles. The first-order valence-corrected chi connectivity index (χ1v) is 10.2. The number of halogens is 1. The zero-order chi connectivity index (χ0) is 22.4. The lowest BCUT2D eigenvalue weighted by Gasteiger charge is -2.17. The number of anilines is 1. The van der Waals surface area contributed by atoms with Crippen molar-refractivity contribution >= 4 is 11.7 Å². The Balaban J connectivity index is 1.96. The van der Waals surface area contributed by atoms with E-state index in [1.54, 1.807) is 35.0 Å². The van der Waals surface area contributed by atoms with Gasteiger partial charge in [0.25, 0.3) is 5.91 Å². The minimum absolute atomic E-state index is 0.347. The van der Waals surface area contributed by atoms with Crippen molar-refractivity contribution in [2.75, 3.05) is 25.1 Å². The smallest absolute Gasteiger partial charge is 0.257 e. The largest absolute Gasteiger partial charge is 0.490 e. The summed E-state index contributed by atoms with van der Waals surface area (Å²) in [6.07, 6.45) is 0. The molecule has 1 heterocycles. The van der Waals surface area contributed by atoms with Crippen LogP contribution in [0, 0.1) is 12.7 Å². The number of carbonyl (C=O) groups excluding carboxylic acids is 1. The number of amides is 1. The van der Waals surface area contributed by atoms with Gasteiger partial charge in [-0.05, 0) is 64.1 Å². The molecule has 0 aliphatic rings. The molecular weight excluding hydrogens is 401 g/mol. The monoisotopic (exact) mass is 427 g/mol. The van der Waals surface area contributed by atoms with Gasteiger partial charge in [0.1, 0.15) is 11.6 Å². The molecule has 0 saturated carbocycles. The van der Waals surface area contributed by atoms with Crippen molar-refractivity contribution in [2.24, 2.45) is 0 Å². The second kappa shape index (κ2) is 9.97. The number of nitrogens with zero attached hydrogens (tertiary/aromatic N) is 2. The summed E-state index contributed by atoms with van der Waals surface area (Å²) in [5, 5.41) is 7.27. The van der Waals surface area contributed by atoms with E-state index >= 15 is 0 Å². The summed E-state index contributed by atoms with van der Waals surface area (Å²) in [6, 6.07) is 10.8. The van der Waals surface area contributed by atoms with Gasteiger partial charge >= 0.3 is 0 Å². The number of aromatic nitrogens is 2. The van der Waals surface area contributed by atoms with Crippen LogP contribution in [0.2, 0.25) is 0 Å². The summed E-state index contributed by atoms with van der Waals surface area (Å²) in [5.41, 5.74) is 1.68. The van der Waals surface area contributed by atoms with E-state index < -0.39 is 0 Å². The third kappa shape index (κ3) is 5.14. The van der Waals surface area contributed by atoms with Crippen LogP contribution in [0.1, 0.15) is 36.8 Å². The molecular formula is C23H26FN3O4. The van der Waals surface area contributed by atoms with E-state index in [1.807, 2.05) is 27.7 Å². The average molecular weight is 427 g/mol. The second-order valence-corrected chi connectivity index (χ2v) is 6.61. The topological polar surface area (TPSA) is 74.6 Å². The minimum atomic E-state index is -0.367.